The molecule has 19 heavy (non-hydrogen) atoms. The number of fused-ring (bicyclic) bond motifs is 1. The molecule has 0 saturated carbocycles. The maximum atomic E-state index is 11.0. The molecule has 0 unspecified atom stereocenters. The van der Waals surface area contributed by atoms with Gasteiger partial charge in [0.25, 0.3) is 0 Å². The molecular formula is C12H13N5O2. The second-order valence-electron chi connectivity index (χ2n) is 4.37. The van der Waals surface area contributed by atoms with Crippen LogP contribution in [0.4, 0.5) is 11.5 Å². The van der Waals surface area contributed by atoms with Crippen LogP contribution in [0.2, 0.25) is 0 Å². The van der Waals surface area contributed by atoms with Crippen molar-refractivity contribution in [1.29, 1.82) is 0 Å². The van der Waals surface area contributed by atoms with Crippen LogP contribution in [0.1, 0.15) is 16.3 Å². The van der Waals surface area contributed by atoms with Gasteiger partial charge in [-0.3, -0.25) is 0 Å². The van der Waals surface area contributed by atoms with Crippen molar-refractivity contribution in [1.82, 2.24) is 14.5 Å². The Bertz CT molecular complexity index is 637. The number of pyridine rings is 1. The van der Waals surface area contributed by atoms with Crippen molar-refractivity contribution in [2.24, 2.45) is 0 Å². The topological polar surface area (TPSA) is 97.3 Å². The Balaban J connectivity index is 1.95. The average Bonchev–Trinajstić information content (AvgIpc) is 2.86. The molecule has 3 rings (SSSR count). The number of hydrogen-bond donors (Lipinski definition) is 2. The van der Waals surface area contributed by atoms with Gasteiger partial charge in [-0.15, -0.1) is 0 Å². The lowest BCUT2D eigenvalue weighted by molar-refractivity contribution is 0.0690. The Hall–Kier alpha value is -2.57. The first-order valence-corrected chi connectivity index (χ1v) is 5.90. The number of carboxylic acid groups (broad SMARTS) is 1. The van der Waals surface area contributed by atoms with Gasteiger partial charge in [0.15, 0.2) is 11.5 Å². The zero-order valence-corrected chi connectivity index (χ0v) is 10.2. The second kappa shape index (κ2) is 4.27. The number of aromatic carboxylic acids is 1. The molecule has 7 heteroatoms. The largest absolute Gasteiger partial charge is 0.477 e. The first-order valence-electron chi connectivity index (χ1n) is 5.90. The molecule has 2 aromatic rings. The molecule has 0 amide bonds. The molecule has 1 aliphatic rings. The van der Waals surface area contributed by atoms with E-state index in [0.29, 0.717) is 18.1 Å². The fourth-order valence-electron chi connectivity index (χ4n) is 2.19. The quantitative estimate of drug-likeness (QED) is 0.818. The summed E-state index contributed by atoms with van der Waals surface area (Å²) in [6.45, 7) is 2.09. The van der Waals surface area contributed by atoms with Gasteiger partial charge in [-0.05, 0) is 12.1 Å². The molecule has 7 nitrogen and oxygen atoms in total. The van der Waals surface area contributed by atoms with E-state index in [9.17, 15) is 4.79 Å². The van der Waals surface area contributed by atoms with Crippen molar-refractivity contribution in [3.05, 3.63) is 36.0 Å². The zero-order chi connectivity index (χ0) is 13.4. The van der Waals surface area contributed by atoms with Crippen LogP contribution in [-0.4, -0.2) is 32.2 Å². The van der Waals surface area contributed by atoms with Gasteiger partial charge < -0.3 is 20.3 Å². The number of hydrogen-bond acceptors (Lipinski definition) is 5. The maximum absolute atomic E-state index is 11.0. The van der Waals surface area contributed by atoms with Crippen LogP contribution in [0.3, 0.4) is 0 Å². The molecule has 0 spiro atoms. The minimum atomic E-state index is -1.06. The fraction of sp³-hybridized carbons (Fsp3) is 0.250. The predicted octanol–water partition coefficient (Wildman–Crippen LogP) is 0.579. The van der Waals surface area contributed by atoms with Crippen LogP contribution in [0, 0.1) is 0 Å². The third-order valence-electron chi connectivity index (χ3n) is 3.17. The van der Waals surface area contributed by atoms with Gasteiger partial charge in [0.1, 0.15) is 5.82 Å². The number of rotatable bonds is 2. The van der Waals surface area contributed by atoms with Gasteiger partial charge in [0, 0.05) is 25.5 Å². The van der Waals surface area contributed by atoms with Crippen molar-refractivity contribution in [2.75, 3.05) is 17.2 Å². The lowest BCUT2D eigenvalue weighted by Gasteiger charge is -2.29. The van der Waals surface area contributed by atoms with Crippen LogP contribution in [0.15, 0.2) is 24.5 Å². The number of nitrogens with two attached hydrogens (primary N) is 1. The summed E-state index contributed by atoms with van der Waals surface area (Å²) < 4.78 is 2.06. The lowest BCUT2D eigenvalue weighted by Crippen LogP contribution is -2.34. The predicted molar refractivity (Wildman–Crippen MR) is 68.9 cm³/mol. The minimum absolute atomic E-state index is 0.00175. The van der Waals surface area contributed by atoms with Crippen molar-refractivity contribution in [3.63, 3.8) is 0 Å². The monoisotopic (exact) mass is 259 g/mol. The van der Waals surface area contributed by atoms with Crippen LogP contribution in [0.5, 0.6) is 0 Å². The van der Waals surface area contributed by atoms with E-state index in [1.807, 2.05) is 11.1 Å². The van der Waals surface area contributed by atoms with Crippen LogP contribution >= 0.6 is 0 Å². The summed E-state index contributed by atoms with van der Waals surface area (Å²) >= 11 is 0. The summed E-state index contributed by atoms with van der Waals surface area (Å²) in [5.74, 6) is 0.377. The summed E-state index contributed by atoms with van der Waals surface area (Å²) in [5, 5.41) is 8.98. The number of aromatic nitrogens is 3. The summed E-state index contributed by atoms with van der Waals surface area (Å²) in [5.41, 5.74) is 6.37. The van der Waals surface area contributed by atoms with Gasteiger partial charge in [-0.2, -0.15) is 0 Å². The standard InChI is InChI=1S/C12H13N5O2/c13-8-1-2-9(12(18)19)15-11(8)17-6-5-16-4-3-14-10(16)7-17/h1-4H,5-7,13H2,(H,18,19). The number of carboxylic acids is 1. The molecule has 0 radical (unpaired) electrons. The molecule has 1 aliphatic heterocycles. The van der Waals surface area contributed by atoms with Gasteiger partial charge in [0.2, 0.25) is 0 Å². The smallest absolute Gasteiger partial charge is 0.354 e. The summed E-state index contributed by atoms with van der Waals surface area (Å²) in [4.78, 5) is 21.3. The zero-order valence-electron chi connectivity index (χ0n) is 10.2. The Labute approximate surface area is 109 Å². The van der Waals surface area contributed by atoms with E-state index in [2.05, 4.69) is 14.5 Å². The van der Waals surface area contributed by atoms with E-state index >= 15 is 0 Å². The molecular weight excluding hydrogens is 246 g/mol. The first kappa shape index (κ1) is 11.5. The highest BCUT2D eigenvalue weighted by Crippen LogP contribution is 2.24. The Morgan fingerprint density at radius 1 is 1.37 bits per heavy atom. The number of nitrogen functional groups attached to an aromatic ring is 1. The normalized spacial score (nSPS) is 14.2. The molecule has 0 aliphatic carbocycles. The van der Waals surface area contributed by atoms with Crippen LogP contribution in [-0.2, 0) is 13.1 Å². The third-order valence-corrected chi connectivity index (χ3v) is 3.17. The minimum Gasteiger partial charge on any atom is -0.477 e. The Morgan fingerprint density at radius 3 is 3.00 bits per heavy atom. The summed E-state index contributed by atoms with van der Waals surface area (Å²) in [6, 6.07) is 2.99. The van der Waals surface area contributed by atoms with Crippen LogP contribution < -0.4 is 10.6 Å². The van der Waals surface area contributed by atoms with Gasteiger partial charge >= 0.3 is 5.97 Å². The van der Waals surface area contributed by atoms with Crippen molar-refractivity contribution in [3.8, 4) is 0 Å². The molecule has 2 aromatic heterocycles. The summed E-state index contributed by atoms with van der Waals surface area (Å²) in [6.07, 6.45) is 3.68. The van der Waals surface area contributed by atoms with Crippen LogP contribution in [0.25, 0.3) is 0 Å². The fourth-order valence-corrected chi connectivity index (χ4v) is 2.19. The second-order valence-corrected chi connectivity index (χ2v) is 4.37. The molecule has 0 fully saturated rings. The number of carbonyl (C=O) groups is 1. The van der Waals surface area contributed by atoms with Crippen molar-refractivity contribution in [2.45, 2.75) is 13.1 Å². The molecule has 3 heterocycles. The molecule has 0 saturated heterocycles. The summed E-state index contributed by atoms with van der Waals surface area (Å²) in [7, 11) is 0. The molecule has 0 bridgehead atoms. The lowest BCUT2D eigenvalue weighted by atomic mass is 10.2. The highest BCUT2D eigenvalue weighted by Gasteiger charge is 2.20. The Morgan fingerprint density at radius 2 is 2.21 bits per heavy atom. The van der Waals surface area contributed by atoms with E-state index < -0.39 is 5.97 Å². The van der Waals surface area contributed by atoms with Gasteiger partial charge in [0.05, 0.1) is 12.2 Å². The first-order chi connectivity index (χ1) is 9.15. The van der Waals surface area contributed by atoms with Gasteiger partial charge in [-0.25, -0.2) is 14.8 Å². The highest BCUT2D eigenvalue weighted by molar-refractivity contribution is 5.87. The van der Waals surface area contributed by atoms with E-state index in [4.69, 9.17) is 10.8 Å². The van der Waals surface area contributed by atoms with Crippen molar-refractivity contribution >= 4 is 17.5 Å². The SMILES string of the molecule is Nc1ccc(C(=O)O)nc1N1CCn2ccnc2C1. The Kier molecular flexibility index (Phi) is 2.59. The molecule has 0 atom stereocenters. The average molecular weight is 259 g/mol. The van der Waals surface area contributed by atoms with E-state index in [1.54, 1.807) is 12.3 Å². The van der Waals surface area contributed by atoms with Gasteiger partial charge in [-0.1, -0.05) is 0 Å². The molecule has 98 valence electrons. The third kappa shape index (κ3) is 1.99. The molecule has 3 N–H and O–H groups in total. The number of imidazole rings is 1. The highest BCUT2D eigenvalue weighted by atomic mass is 16.4. The maximum Gasteiger partial charge on any atom is 0.354 e. The molecule has 0 aromatic carbocycles. The van der Waals surface area contributed by atoms with E-state index in [1.165, 1.54) is 6.07 Å². The number of anilines is 2. The van der Waals surface area contributed by atoms with Crippen molar-refractivity contribution < 1.29 is 9.90 Å². The number of nitrogens with zero attached hydrogens (tertiary/aromatic N) is 4. The van der Waals surface area contributed by atoms with E-state index in [-0.39, 0.29) is 5.69 Å². The van der Waals surface area contributed by atoms with E-state index in [0.717, 1.165) is 18.9 Å².